The minimum atomic E-state index is -3.07. The summed E-state index contributed by atoms with van der Waals surface area (Å²) >= 11 is 6.95. The molecule has 1 aromatic rings. The fourth-order valence-corrected chi connectivity index (χ4v) is 7.41. The Morgan fingerprint density at radius 3 is 2.50 bits per heavy atom. The zero-order valence-electron chi connectivity index (χ0n) is 14.8. The molecule has 2 atom stereocenters. The number of sulfone groups is 1. The van der Waals surface area contributed by atoms with Crippen molar-refractivity contribution in [2.75, 3.05) is 40.3 Å². The van der Waals surface area contributed by atoms with Crippen molar-refractivity contribution in [1.29, 1.82) is 0 Å². The lowest BCUT2D eigenvalue weighted by Gasteiger charge is -2.26. The van der Waals surface area contributed by atoms with E-state index < -0.39 is 15.7 Å². The number of fused-ring (bicyclic) bond motifs is 1. The van der Waals surface area contributed by atoms with Gasteiger partial charge in [-0.2, -0.15) is 4.99 Å². The number of amidine groups is 1. The van der Waals surface area contributed by atoms with Gasteiger partial charge in [0.1, 0.15) is 5.88 Å². The quantitative estimate of drug-likeness (QED) is 0.687. The Labute approximate surface area is 163 Å². The maximum absolute atomic E-state index is 12.1. The molecule has 3 rings (SSSR count). The summed E-state index contributed by atoms with van der Waals surface area (Å²) in [6, 6.07) is 7.76. The van der Waals surface area contributed by atoms with Crippen molar-refractivity contribution in [2.24, 2.45) is 4.99 Å². The monoisotopic (exact) mass is 415 g/mol. The lowest BCUT2D eigenvalue weighted by atomic mass is 10.2. The van der Waals surface area contributed by atoms with Crippen LogP contribution in [0.25, 0.3) is 0 Å². The van der Waals surface area contributed by atoms with Gasteiger partial charge >= 0.3 is 0 Å². The third-order valence-electron chi connectivity index (χ3n) is 4.66. The summed E-state index contributed by atoms with van der Waals surface area (Å²) in [4.78, 5) is 19.9. The van der Waals surface area contributed by atoms with Gasteiger partial charge in [0.15, 0.2) is 15.0 Å². The Hall–Kier alpha value is -1.25. The molecule has 2 heterocycles. The second kappa shape index (κ2) is 7.78. The molecule has 0 bridgehead atoms. The molecule has 0 aliphatic carbocycles. The van der Waals surface area contributed by atoms with E-state index in [0.717, 1.165) is 24.5 Å². The highest BCUT2D eigenvalue weighted by Crippen LogP contribution is 2.41. The van der Waals surface area contributed by atoms with Crippen LogP contribution in [0.5, 0.6) is 0 Å². The number of halogens is 1. The molecule has 0 spiro atoms. The number of carbonyl (C=O) groups excluding carboxylic acids is 1. The van der Waals surface area contributed by atoms with Crippen LogP contribution in [-0.2, 0) is 14.6 Å². The Bertz CT molecular complexity index is 807. The first-order valence-electron chi connectivity index (χ1n) is 8.57. The Morgan fingerprint density at radius 1 is 1.27 bits per heavy atom. The summed E-state index contributed by atoms with van der Waals surface area (Å²) in [6.07, 6.45) is 0. The van der Waals surface area contributed by atoms with E-state index in [1.54, 1.807) is 0 Å². The number of alkyl halides is 1. The van der Waals surface area contributed by atoms with Crippen molar-refractivity contribution >= 4 is 55.6 Å². The molecule has 2 aliphatic heterocycles. The molecule has 0 unspecified atom stereocenters. The van der Waals surface area contributed by atoms with Crippen LogP contribution in [0.1, 0.15) is 13.8 Å². The van der Waals surface area contributed by atoms with Crippen LogP contribution in [0.4, 0.5) is 11.4 Å². The molecule has 0 radical (unpaired) electrons. The topological polar surface area (TPSA) is 70.0 Å². The normalized spacial score (nSPS) is 25.5. The van der Waals surface area contributed by atoms with Crippen molar-refractivity contribution in [3.05, 3.63) is 24.3 Å². The SMILES string of the molecule is CCN(CC)c1ccc(N2C(=NC(=O)CCl)S[C@@H]3CS(=O)(=O)C[C@H]32)cc1. The number of nitrogens with zero attached hydrogens (tertiary/aromatic N) is 3. The van der Waals surface area contributed by atoms with Crippen LogP contribution in [0.15, 0.2) is 29.3 Å². The maximum Gasteiger partial charge on any atom is 0.262 e. The van der Waals surface area contributed by atoms with E-state index in [-0.39, 0.29) is 28.7 Å². The van der Waals surface area contributed by atoms with Gasteiger partial charge in [-0.1, -0.05) is 11.8 Å². The van der Waals surface area contributed by atoms with Gasteiger partial charge in [-0.15, -0.1) is 11.6 Å². The first kappa shape index (κ1) is 19.5. The van der Waals surface area contributed by atoms with Crippen molar-refractivity contribution in [3.63, 3.8) is 0 Å². The molecule has 0 N–H and O–H groups in total. The number of benzene rings is 1. The number of hydrogen-bond donors (Lipinski definition) is 0. The maximum atomic E-state index is 12.1. The van der Waals surface area contributed by atoms with E-state index in [0.29, 0.717) is 5.17 Å². The Kier molecular flexibility index (Phi) is 5.84. The first-order chi connectivity index (χ1) is 12.4. The zero-order chi connectivity index (χ0) is 18.9. The lowest BCUT2D eigenvalue weighted by molar-refractivity contribution is -0.115. The average Bonchev–Trinajstić information content (AvgIpc) is 3.07. The highest BCUT2D eigenvalue weighted by Gasteiger charge is 2.49. The minimum Gasteiger partial charge on any atom is -0.372 e. The summed E-state index contributed by atoms with van der Waals surface area (Å²) in [5, 5.41) is 0.431. The van der Waals surface area contributed by atoms with Gasteiger partial charge in [-0.25, -0.2) is 8.42 Å². The van der Waals surface area contributed by atoms with Gasteiger partial charge in [-0.3, -0.25) is 4.79 Å². The number of aliphatic imine (C=N–C) groups is 1. The summed E-state index contributed by atoms with van der Waals surface area (Å²) in [5.41, 5.74) is 1.95. The molecule has 1 amide bonds. The summed E-state index contributed by atoms with van der Waals surface area (Å²) in [6.45, 7) is 6.03. The summed E-state index contributed by atoms with van der Waals surface area (Å²) < 4.78 is 24.1. The number of rotatable bonds is 5. The predicted octanol–water partition coefficient (Wildman–Crippen LogP) is 2.37. The standard InChI is InChI=1S/C17H22ClN3O3S2/c1-3-20(4-2)12-5-7-13(8-6-12)21-14-10-26(23,24)11-15(14)25-17(21)19-16(22)9-18/h5-8,14-15H,3-4,9-11H2,1-2H3/t14-,15-/m1/s1. The molecule has 9 heteroatoms. The second-order valence-electron chi connectivity index (χ2n) is 6.28. The predicted molar refractivity (Wildman–Crippen MR) is 109 cm³/mol. The van der Waals surface area contributed by atoms with Crippen LogP contribution in [0.2, 0.25) is 0 Å². The second-order valence-corrected chi connectivity index (χ2v) is 9.91. The van der Waals surface area contributed by atoms with Crippen LogP contribution < -0.4 is 9.80 Å². The van der Waals surface area contributed by atoms with Gasteiger partial charge in [0.25, 0.3) is 5.91 Å². The van der Waals surface area contributed by atoms with E-state index in [9.17, 15) is 13.2 Å². The number of carbonyl (C=O) groups is 1. The van der Waals surface area contributed by atoms with E-state index in [1.165, 1.54) is 11.8 Å². The van der Waals surface area contributed by atoms with E-state index in [4.69, 9.17) is 11.6 Å². The zero-order valence-corrected chi connectivity index (χ0v) is 17.1. The molecule has 1 aromatic carbocycles. The Balaban J connectivity index is 1.95. The fraction of sp³-hybridized carbons (Fsp3) is 0.529. The molecule has 142 valence electrons. The minimum absolute atomic E-state index is 0.0799. The molecular weight excluding hydrogens is 394 g/mol. The van der Waals surface area contributed by atoms with E-state index in [2.05, 4.69) is 23.7 Å². The largest absolute Gasteiger partial charge is 0.372 e. The fourth-order valence-electron chi connectivity index (χ4n) is 3.42. The molecule has 6 nitrogen and oxygen atoms in total. The first-order valence-corrected chi connectivity index (χ1v) is 11.8. The van der Waals surface area contributed by atoms with Crippen LogP contribution in [0, 0.1) is 0 Å². The number of thioether (sulfide) groups is 1. The molecule has 2 saturated heterocycles. The average molecular weight is 416 g/mol. The molecule has 2 fully saturated rings. The highest BCUT2D eigenvalue weighted by molar-refractivity contribution is 8.16. The molecule has 0 saturated carbocycles. The van der Waals surface area contributed by atoms with Crippen molar-refractivity contribution < 1.29 is 13.2 Å². The smallest absolute Gasteiger partial charge is 0.262 e. The molecule has 0 aromatic heterocycles. The number of amides is 1. The van der Waals surface area contributed by atoms with Gasteiger partial charge in [0.05, 0.1) is 17.5 Å². The van der Waals surface area contributed by atoms with Crippen LogP contribution >= 0.6 is 23.4 Å². The van der Waals surface area contributed by atoms with Crippen molar-refractivity contribution in [1.82, 2.24) is 0 Å². The highest BCUT2D eigenvalue weighted by atomic mass is 35.5. The van der Waals surface area contributed by atoms with E-state index >= 15 is 0 Å². The van der Waals surface area contributed by atoms with Crippen molar-refractivity contribution in [3.8, 4) is 0 Å². The molecular formula is C17H22ClN3O3S2. The van der Waals surface area contributed by atoms with Gasteiger partial charge < -0.3 is 9.80 Å². The molecule has 2 aliphatic rings. The van der Waals surface area contributed by atoms with E-state index in [1.807, 2.05) is 29.2 Å². The third-order valence-corrected chi connectivity index (χ3v) is 8.10. The summed E-state index contributed by atoms with van der Waals surface area (Å²) in [7, 11) is -3.07. The van der Waals surface area contributed by atoms with Crippen LogP contribution in [0.3, 0.4) is 0 Å². The van der Waals surface area contributed by atoms with Gasteiger partial charge in [0, 0.05) is 29.7 Å². The van der Waals surface area contributed by atoms with Crippen LogP contribution in [-0.4, -0.2) is 61.3 Å². The Morgan fingerprint density at radius 2 is 1.92 bits per heavy atom. The number of hydrogen-bond acceptors (Lipinski definition) is 5. The number of anilines is 2. The molecule has 26 heavy (non-hydrogen) atoms. The summed E-state index contributed by atoms with van der Waals surface area (Å²) in [5.74, 6) is -0.408. The lowest BCUT2D eigenvalue weighted by Crippen LogP contribution is -2.37. The van der Waals surface area contributed by atoms with Crippen molar-refractivity contribution in [2.45, 2.75) is 25.1 Å². The van der Waals surface area contributed by atoms with Gasteiger partial charge in [-0.05, 0) is 38.1 Å². The third kappa shape index (κ3) is 3.87. The van der Waals surface area contributed by atoms with Gasteiger partial charge in [0.2, 0.25) is 0 Å².